The maximum atomic E-state index is 12.4. The molecule has 0 saturated heterocycles. The Kier molecular flexibility index (Phi) is 6.28. The first-order chi connectivity index (χ1) is 12.5. The highest BCUT2D eigenvalue weighted by molar-refractivity contribution is 7.89. The Bertz CT molecular complexity index is 952. The number of rotatable bonds is 6. The van der Waals surface area contributed by atoms with Gasteiger partial charge >= 0.3 is 0 Å². The average molecular weight is 391 g/mol. The fourth-order valence-corrected chi connectivity index (χ4v) is 3.46. The number of carbonyl (C=O) groups excluding carboxylic acids is 1. The highest BCUT2D eigenvalue weighted by Gasteiger charge is 2.19. The third kappa shape index (κ3) is 4.67. The van der Waals surface area contributed by atoms with Gasteiger partial charge in [0.15, 0.2) is 6.61 Å². The molecule has 0 saturated carbocycles. The number of ether oxygens (including phenoxy) is 1. The van der Waals surface area contributed by atoms with E-state index in [9.17, 15) is 13.2 Å². The summed E-state index contributed by atoms with van der Waals surface area (Å²) in [6.07, 6.45) is 0. The summed E-state index contributed by atoms with van der Waals surface area (Å²) in [6, 6.07) is 10.4. The summed E-state index contributed by atoms with van der Waals surface area (Å²) in [6.45, 7) is 5.64. The number of nitrogens with zero attached hydrogens (tertiary/aromatic N) is 2. The van der Waals surface area contributed by atoms with E-state index in [0.717, 1.165) is 15.6 Å². The number of anilines is 1. The zero-order chi connectivity index (χ0) is 20.4. The van der Waals surface area contributed by atoms with E-state index < -0.39 is 10.0 Å². The van der Waals surface area contributed by atoms with Crippen LogP contribution >= 0.6 is 0 Å². The average Bonchev–Trinajstić information content (AvgIpc) is 2.61. The van der Waals surface area contributed by atoms with Crippen molar-refractivity contribution in [2.24, 2.45) is 0 Å². The molecule has 0 heterocycles. The van der Waals surface area contributed by atoms with Crippen molar-refractivity contribution in [3.8, 4) is 5.75 Å². The summed E-state index contributed by atoms with van der Waals surface area (Å²) in [5.74, 6) is 0.289. The van der Waals surface area contributed by atoms with Gasteiger partial charge in [-0.25, -0.2) is 12.7 Å². The fourth-order valence-electron chi connectivity index (χ4n) is 2.47. The predicted octanol–water partition coefficient (Wildman–Crippen LogP) is 2.90. The molecule has 2 aromatic carbocycles. The molecule has 0 aliphatic rings. The van der Waals surface area contributed by atoms with Crippen LogP contribution in [0.25, 0.3) is 0 Å². The highest BCUT2D eigenvalue weighted by Crippen LogP contribution is 2.24. The molecule has 0 spiro atoms. The summed E-state index contributed by atoms with van der Waals surface area (Å²) in [4.78, 5) is 14.2. The van der Waals surface area contributed by atoms with Gasteiger partial charge in [-0.1, -0.05) is 6.07 Å². The summed E-state index contributed by atoms with van der Waals surface area (Å²) < 4.78 is 31.1. The molecule has 0 atom stereocenters. The van der Waals surface area contributed by atoms with Crippen LogP contribution < -0.4 is 9.64 Å². The first-order valence-corrected chi connectivity index (χ1v) is 9.98. The van der Waals surface area contributed by atoms with E-state index in [1.165, 1.54) is 25.7 Å². The molecular formula is C20H26N2O4S. The Hall–Kier alpha value is -2.38. The van der Waals surface area contributed by atoms with Gasteiger partial charge in [-0.15, -0.1) is 0 Å². The number of amides is 1. The van der Waals surface area contributed by atoms with Crippen molar-refractivity contribution in [2.75, 3.05) is 32.6 Å². The lowest BCUT2D eigenvalue weighted by molar-refractivity contribution is -0.120. The molecule has 6 nitrogen and oxygen atoms in total. The minimum atomic E-state index is -3.50. The van der Waals surface area contributed by atoms with Crippen LogP contribution in [0.2, 0.25) is 0 Å². The standard InChI is InChI=1S/C20H26N2O4S/c1-14-7-8-17(11-15(14)2)22(6)20(23)13-26-19-10-9-18(12-16(19)3)27(24,25)21(4)5/h7-12H,13H2,1-6H3. The number of benzene rings is 2. The lowest BCUT2D eigenvalue weighted by atomic mass is 10.1. The van der Waals surface area contributed by atoms with Gasteiger partial charge < -0.3 is 9.64 Å². The first-order valence-electron chi connectivity index (χ1n) is 8.54. The molecule has 0 aliphatic heterocycles. The fraction of sp³-hybridized carbons (Fsp3) is 0.350. The van der Waals surface area contributed by atoms with E-state index in [4.69, 9.17) is 4.74 Å². The van der Waals surface area contributed by atoms with Crippen molar-refractivity contribution in [1.29, 1.82) is 0 Å². The quantitative estimate of drug-likeness (QED) is 0.761. The van der Waals surface area contributed by atoms with Crippen molar-refractivity contribution in [3.05, 3.63) is 53.1 Å². The topological polar surface area (TPSA) is 66.9 Å². The summed E-state index contributed by atoms with van der Waals surface area (Å²) >= 11 is 0. The maximum absolute atomic E-state index is 12.4. The summed E-state index contributed by atoms with van der Waals surface area (Å²) in [7, 11) is 1.17. The van der Waals surface area contributed by atoms with E-state index in [1.807, 2.05) is 32.0 Å². The Balaban J connectivity index is 2.09. The van der Waals surface area contributed by atoms with Crippen molar-refractivity contribution in [1.82, 2.24) is 4.31 Å². The third-order valence-corrected chi connectivity index (χ3v) is 6.34. The molecule has 2 aromatic rings. The third-order valence-electron chi connectivity index (χ3n) is 4.53. The van der Waals surface area contributed by atoms with E-state index in [-0.39, 0.29) is 17.4 Å². The number of hydrogen-bond donors (Lipinski definition) is 0. The van der Waals surface area contributed by atoms with Crippen LogP contribution in [0.5, 0.6) is 5.75 Å². The van der Waals surface area contributed by atoms with Gasteiger partial charge in [0, 0.05) is 26.8 Å². The summed E-state index contributed by atoms with van der Waals surface area (Å²) in [5.41, 5.74) is 3.73. The molecule has 27 heavy (non-hydrogen) atoms. The van der Waals surface area contributed by atoms with Crippen LogP contribution in [-0.2, 0) is 14.8 Å². The smallest absolute Gasteiger partial charge is 0.264 e. The van der Waals surface area contributed by atoms with Gasteiger partial charge in [-0.05, 0) is 67.8 Å². The van der Waals surface area contributed by atoms with Crippen LogP contribution in [0.15, 0.2) is 41.3 Å². The minimum absolute atomic E-state index is 0.135. The monoisotopic (exact) mass is 390 g/mol. The Morgan fingerprint density at radius 3 is 2.15 bits per heavy atom. The molecule has 0 aliphatic carbocycles. The largest absolute Gasteiger partial charge is 0.483 e. The van der Waals surface area contributed by atoms with Gasteiger partial charge in [0.05, 0.1) is 4.90 Å². The zero-order valence-electron chi connectivity index (χ0n) is 16.6. The van der Waals surface area contributed by atoms with Crippen molar-refractivity contribution < 1.29 is 17.9 Å². The van der Waals surface area contributed by atoms with Gasteiger partial charge in [0.25, 0.3) is 5.91 Å². The van der Waals surface area contributed by atoms with Gasteiger partial charge in [-0.2, -0.15) is 0 Å². The number of aryl methyl sites for hydroxylation is 3. The molecule has 0 aromatic heterocycles. The second-order valence-electron chi connectivity index (χ2n) is 6.72. The van der Waals surface area contributed by atoms with Gasteiger partial charge in [-0.3, -0.25) is 4.79 Å². The van der Waals surface area contributed by atoms with Crippen LogP contribution in [0.4, 0.5) is 5.69 Å². The molecule has 0 N–H and O–H groups in total. The molecular weight excluding hydrogens is 364 g/mol. The predicted molar refractivity (Wildman–Crippen MR) is 107 cm³/mol. The highest BCUT2D eigenvalue weighted by atomic mass is 32.2. The minimum Gasteiger partial charge on any atom is -0.483 e. The van der Waals surface area contributed by atoms with Gasteiger partial charge in [0.2, 0.25) is 10.0 Å². The number of sulfonamides is 1. The van der Waals surface area contributed by atoms with E-state index >= 15 is 0 Å². The molecule has 146 valence electrons. The first kappa shape index (κ1) is 20.9. The van der Waals surface area contributed by atoms with Crippen molar-refractivity contribution in [2.45, 2.75) is 25.7 Å². The normalized spacial score (nSPS) is 11.5. The molecule has 2 rings (SSSR count). The lowest BCUT2D eigenvalue weighted by Gasteiger charge is -2.19. The van der Waals surface area contributed by atoms with Crippen molar-refractivity contribution in [3.63, 3.8) is 0 Å². The molecule has 1 amide bonds. The van der Waals surface area contributed by atoms with Crippen molar-refractivity contribution >= 4 is 21.6 Å². The number of carbonyl (C=O) groups is 1. The van der Waals surface area contributed by atoms with Crippen LogP contribution in [-0.4, -0.2) is 46.4 Å². The molecule has 0 unspecified atom stereocenters. The maximum Gasteiger partial charge on any atom is 0.264 e. The molecule has 7 heteroatoms. The SMILES string of the molecule is Cc1ccc(N(C)C(=O)COc2ccc(S(=O)(=O)N(C)C)cc2C)cc1C. The summed E-state index contributed by atoms with van der Waals surface area (Å²) in [5, 5.41) is 0. The van der Waals surface area contributed by atoms with Gasteiger partial charge in [0.1, 0.15) is 5.75 Å². The van der Waals surface area contributed by atoms with Crippen LogP contribution in [0.3, 0.4) is 0 Å². The number of hydrogen-bond acceptors (Lipinski definition) is 4. The Labute approximate surface area is 161 Å². The lowest BCUT2D eigenvalue weighted by Crippen LogP contribution is -2.31. The molecule has 0 radical (unpaired) electrons. The molecule has 0 bridgehead atoms. The second kappa shape index (κ2) is 8.10. The van der Waals surface area contributed by atoms with E-state index in [0.29, 0.717) is 11.3 Å². The van der Waals surface area contributed by atoms with Crippen LogP contribution in [0, 0.1) is 20.8 Å². The Morgan fingerprint density at radius 1 is 0.926 bits per heavy atom. The second-order valence-corrected chi connectivity index (χ2v) is 8.88. The van der Waals surface area contributed by atoms with E-state index in [1.54, 1.807) is 31.0 Å². The molecule has 0 fully saturated rings. The zero-order valence-corrected chi connectivity index (χ0v) is 17.4. The van der Waals surface area contributed by atoms with E-state index in [2.05, 4.69) is 0 Å². The van der Waals surface area contributed by atoms with Crippen LogP contribution in [0.1, 0.15) is 16.7 Å². The number of likely N-dealkylation sites (N-methyl/N-ethyl adjacent to an activating group) is 1. The Morgan fingerprint density at radius 2 is 1.59 bits per heavy atom.